The van der Waals surface area contributed by atoms with Crippen molar-refractivity contribution in [2.24, 2.45) is 0 Å². The Labute approximate surface area is 290 Å². The van der Waals surface area contributed by atoms with Gasteiger partial charge >= 0.3 is 0 Å². The van der Waals surface area contributed by atoms with Gasteiger partial charge in [0.15, 0.2) is 0 Å². The Morgan fingerprint density at radius 1 is 0.625 bits per heavy atom. The van der Waals surface area contributed by atoms with Crippen LogP contribution in [-0.4, -0.2) is 6.54 Å². The van der Waals surface area contributed by atoms with Gasteiger partial charge in [0.25, 0.3) is 0 Å². The van der Waals surface area contributed by atoms with E-state index in [1.54, 1.807) is 0 Å². The molecule has 1 atom stereocenters. The van der Waals surface area contributed by atoms with Gasteiger partial charge in [-0.2, -0.15) is 0 Å². The molecular formula is C46H52N2. The van der Waals surface area contributed by atoms with Gasteiger partial charge in [0.2, 0.25) is 0 Å². The van der Waals surface area contributed by atoms with Crippen molar-refractivity contribution in [3.63, 3.8) is 0 Å². The molecule has 0 amide bonds. The van der Waals surface area contributed by atoms with Gasteiger partial charge in [0, 0.05) is 23.6 Å². The highest BCUT2D eigenvalue weighted by Gasteiger charge is 2.14. The normalized spacial score (nSPS) is 13.5. The van der Waals surface area contributed by atoms with Gasteiger partial charge in [0.05, 0.1) is 6.04 Å². The van der Waals surface area contributed by atoms with Crippen LogP contribution in [0.1, 0.15) is 67.1 Å². The molecule has 48 heavy (non-hydrogen) atoms. The van der Waals surface area contributed by atoms with E-state index < -0.39 is 0 Å². The fourth-order valence-corrected chi connectivity index (χ4v) is 6.21. The van der Waals surface area contributed by atoms with Crippen LogP contribution < -0.4 is 10.2 Å². The van der Waals surface area contributed by atoms with Crippen LogP contribution in [0.15, 0.2) is 157 Å². The van der Waals surface area contributed by atoms with E-state index in [-0.39, 0.29) is 6.04 Å². The molecule has 0 aliphatic heterocycles. The molecule has 246 valence electrons. The zero-order valence-corrected chi connectivity index (χ0v) is 30.1. The van der Waals surface area contributed by atoms with Crippen molar-refractivity contribution < 1.29 is 0 Å². The maximum Gasteiger partial charge on any atom is 0.0701 e. The second kappa shape index (κ2) is 17.7. The summed E-state index contributed by atoms with van der Waals surface area (Å²) in [5.74, 6) is 0. The molecule has 1 unspecified atom stereocenters. The molecule has 0 saturated carbocycles. The van der Waals surface area contributed by atoms with Crippen LogP contribution in [0.25, 0.3) is 5.57 Å². The Kier molecular flexibility index (Phi) is 13.2. The monoisotopic (exact) mass is 632 g/mol. The summed E-state index contributed by atoms with van der Waals surface area (Å²) in [4.78, 5) is 2.40. The summed E-state index contributed by atoms with van der Waals surface area (Å²) in [7, 11) is 0. The molecule has 4 aromatic carbocycles. The topological polar surface area (TPSA) is 15.3 Å². The van der Waals surface area contributed by atoms with Gasteiger partial charge in [-0.25, -0.2) is 0 Å². The average molecular weight is 633 g/mol. The molecule has 0 radical (unpaired) electrons. The van der Waals surface area contributed by atoms with E-state index in [2.05, 4.69) is 211 Å². The Hall–Kier alpha value is -5.08. The van der Waals surface area contributed by atoms with E-state index in [9.17, 15) is 0 Å². The first-order valence-corrected chi connectivity index (χ1v) is 17.1. The zero-order valence-electron chi connectivity index (χ0n) is 30.1. The lowest BCUT2D eigenvalue weighted by Crippen LogP contribution is -2.18. The standard InChI is InChI=1S/C46H52N2/c1-9-18-38(10-2)40(12-4)24-25-46(42-29-34(5)27-35(6)30-42)47-43-22-16-23-44(33-43)48(45-31-36(7)28-37(8)32-45)26-17-21-39(11-3)41-19-14-13-15-20-41/h9-25,27-33,46-47H,26H2,1-8H3/b18-9-,21-17-,25-24-,38-10+,39-11+,40-12+. The molecule has 2 nitrogen and oxygen atoms in total. The van der Waals surface area contributed by atoms with Crippen molar-refractivity contribution >= 4 is 22.6 Å². The van der Waals surface area contributed by atoms with Gasteiger partial charge in [-0.3, -0.25) is 0 Å². The number of benzene rings is 4. The highest BCUT2D eigenvalue weighted by molar-refractivity contribution is 5.74. The zero-order chi connectivity index (χ0) is 34.5. The molecule has 0 heterocycles. The van der Waals surface area contributed by atoms with Crippen molar-refractivity contribution in [1.29, 1.82) is 0 Å². The summed E-state index contributed by atoms with van der Waals surface area (Å²) in [6.07, 6.45) is 19.8. The number of rotatable bonds is 13. The van der Waals surface area contributed by atoms with Crippen LogP contribution in [0.4, 0.5) is 17.1 Å². The summed E-state index contributed by atoms with van der Waals surface area (Å²) in [6, 6.07) is 33.0. The molecule has 4 aromatic rings. The third kappa shape index (κ3) is 9.96. The molecule has 4 rings (SSSR count). The molecule has 0 saturated heterocycles. The lowest BCUT2D eigenvalue weighted by atomic mass is 9.98. The number of hydrogen-bond acceptors (Lipinski definition) is 2. The predicted octanol–water partition coefficient (Wildman–Crippen LogP) is 12.9. The van der Waals surface area contributed by atoms with Gasteiger partial charge in [-0.15, -0.1) is 0 Å². The van der Waals surface area contributed by atoms with Gasteiger partial charge in [-0.1, -0.05) is 126 Å². The van der Waals surface area contributed by atoms with Crippen LogP contribution in [-0.2, 0) is 0 Å². The van der Waals surface area contributed by atoms with E-state index in [0.717, 1.165) is 17.9 Å². The summed E-state index contributed by atoms with van der Waals surface area (Å²) in [6.45, 7) is 17.8. The van der Waals surface area contributed by atoms with Crippen LogP contribution >= 0.6 is 0 Å². The Bertz CT molecular complexity index is 1810. The quantitative estimate of drug-likeness (QED) is 0.148. The second-order valence-corrected chi connectivity index (χ2v) is 12.4. The average Bonchev–Trinajstić information content (AvgIpc) is 3.07. The van der Waals surface area contributed by atoms with Crippen molar-refractivity contribution in [3.05, 3.63) is 190 Å². The summed E-state index contributed by atoms with van der Waals surface area (Å²) in [5, 5.41) is 3.89. The van der Waals surface area contributed by atoms with Crippen LogP contribution in [0.2, 0.25) is 0 Å². The maximum atomic E-state index is 3.89. The molecule has 0 fully saturated rings. The summed E-state index contributed by atoms with van der Waals surface area (Å²) in [5.41, 5.74) is 14.5. The molecule has 2 heteroatoms. The number of nitrogens with zero attached hydrogens (tertiary/aromatic N) is 1. The fraction of sp³-hybridized carbons (Fsp3) is 0.217. The highest BCUT2D eigenvalue weighted by Crippen LogP contribution is 2.32. The fourth-order valence-electron chi connectivity index (χ4n) is 6.21. The van der Waals surface area contributed by atoms with E-state index in [0.29, 0.717) is 0 Å². The smallest absolute Gasteiger partial charge is 0.0701 e. The van der Waals surface area contributed by atoms with Crippen molar-refractivity contribution in [3.8, 4) is 0 Å². The number of hydrogen-bond donors (Lipinski definition) is 1. The van der Waals surface area contributed by atoms with Gasteiger partial charge in [-0.05, 0) is 125 Å². The van der Waals surface area contributed by atoms with E-state index in [1.807, 2.05) is 0 Å². The molecular weight excluding hydrogens is 581 g/mol. The lowest BCUT2D eigenvalue weighted by Gasteiger charge is -2.26. The summed E-state index contributed by atoms with van der Waals surface area (Å²) < 4.78 is 0. The first-order chi connectivity index (χ1) is 23.2. The number of aryl methyl sites for hydroxylation is 4. The first-order valence-electron chi connectivity index (χ1n) is 17.1. The van der Waals surface area contributed by atoms with E-state index in [1.165, 1.54) is 55.8 Å². The lowest BCUT2D eigenvalue weighted by molar-refractivity contribution is 0.974. The van der Waals surface area contributed by atoms with Gasteiger partial charge in [0.1, 0.15) is 0 Å². The third-order valence-electron chi connectivity index (χ3n) is 8.37. The van der Waals surface area contributed by atoms with Crippen LogP contribution in [0, 0.1) is 27.7 Å². The number of nitrogens with one attached hydrogen (secondary N) is 1. The molecule has 1 N–H and O–H groups in total. The Morgan fingerprint density at radius 3 is 1.85 bits per heavy atom. The van der Waals surface area contributed by atoms with Crippen molar-refractivity contribution in [2.75, 3.05) is 16.8 Å². The van der Waals surface area contributed by atoms with E-state index in [4.69, 9.17) is 0 Å². The van der Waals surface area contributed by atoms with Crippen molar-refractivity contribution in [1.82, 2.24) is 0 Å². The minimum Gasteiger partial charge on any atom is -0.375 e. The van der Waals surface area contributed by atoms with Gasteiger partial charge < -0.3 is 10.2 Å². The summed E-state index contributed by atoms with van der Waals surface area (Å²) >= 11 is 0. The number of allylic oxidation sites excluding steroid dienone is 10. The SMILES string of the molecule is C\C=C/C(=C\C)C(/C=C\C(Nc1cccc(N(C/C=C\C(=C/C)c2ccccc2)c2cc(C)cc(C)c2)c1)c1cc(C)cc(C)c1)=C/C. The predicted molar refractivity (Wildman–Crippen MR) is 212 cm³/mol. The Morgan fingerprint density at radius 2 is 1.25 bits per heavy atom. The third-order valence-corrected chi connectivity index (χ3v) is 8.37. The first kappa shape index (κ1) is 35.8. The Balaban J connectivity index is 1.72. The molecule has 0 spiro atoms. The van der Waals surface area contributed by atoms with E-state index >= 15 is 0 Å². The highest BCUT2D eigenvalue weighted by atomic mass is 15.1. The van der Waals surface area contributed by atoms with Crippen molar-refractivity contribution in [2.45, 2.75) is 61.4 Å². The molecule has 0 aliphatic carbocycles. The number of anilines is 3. The molecule has 0 bridgehead atoms. The minimum absolute atomic E-state index is 0.0183. The maximum absolute atomic E-state index is 3.89. The van der Waals surface area contributed by atoms with Crippen LogP contribution in [0.5, 0.6) is 0 Å². The minimum atomic E-state index is -0.0183. The largest absolute Gasteiger partial charge is 0.375 e. The second-order valence-electron chi connectivity index (χ2n) is 12.4. The molecule has 0 aliphatic rings. The molecule has 0 aromatic heterocycles. The van der Waals surface area contributed by atoms with Crippen LogP contribution in [0.3, 0.4) is 0 Å².